The number of nitrogen functional groups attached to an aromatic ring is 1. The number of nitrogens with one attached hydrogen (secondary N) is 1. The van der Waals surface area contributed by atoms with Crippen LogP contribution in [0.2, 0.25) is 5.02 Å². The Balaban J connectivity index is 2.17. The van der Waals surface area contributed by atoms with E-state index >= 15 is 0 Å². The number of aromatic nitrogens is 1. The fraction of sp³-hybridized carbons (Fsp3) is 0.200. The van der Waals surface area contributed by atoms with Crippen molar-refractivity contribution in [2.24, 2.45) is 5.84 Å². The van der Waals surface area contributed by atoms with E-state index in [-0.39, 0.29) is 11.6 Å². The normalized spacial score (nSPS) is 10.3. The van der Waals surface area contributed by atoms with Crippen LogP contribution in [0.15, 0.2) is 36.4 Å². The van der Waals surface area contributed by atoms with Crippen molar-refractivity contribution in [1.29, 1.82) is 0 Å². The van der Waals surface area contributed by atoms with Crippen LogP contribution >= 0.6 is 11.6 Å². The highest BCUT2D eigenvalue weighted by molar-refractivity contribution is 6.33. The molecule has 2 aromatic rings. The van der Waals surface area contributed by atoms with Crippen molar-refractivity contribution in [1.82, 2.24) is 9.88 Å². The minimum atomic E-state index is -0.252. The lowest BCUT2D eigenvalue weighted by molar-refractivity contribution is 0.0779. The molecule has 5 nitrogen and oxygen atoms in total. The number of benzene rings is 1. The molecule has 110 valence electrons. The van der Waals surface area contributed by atoms with Crippen molar-refractivity contribution < 1.29 is 4.79 Å². The number of hydrazine groups is 1. The van der Waals surface area contributed by atoms with Crippen LogP contribution < -0.4 is 11.3 Å². The molecule has 2 rings (SSSR count). The van der Waals surface area contributed by atoms with Gasteiger partial charge in [0.2, 0.25) is 0 Å². The van der Waals surface area contributed by atoms with Crippen molar-refractivity contribution >= 4 is 23.3 Å². The molecule has 0 fully saturated rings. The maximum absolute atomic E-state index is 12.4. The number of pyridine rings is 1. The molecule has 21 heavy (non-hydrogen) atoms. The number of anilines is 1. The first kappa shape index (κ1) is 15.3. The van der Waals surface area contributed by atoms with Crippen LogP contribution in [0.5, 0.6) is 0 Å². The number of rotatable bonds is 4. The highest BCUT2D eigenvalue weighted by atomic mass is 35.5. The van der Waals surface area contributed by atoms with Gasteiger partial charge in [-0.15, -0.1) is 0 Å². The summed E-state index contributed by atoms with van der Waals surface area (Å²) in [4.78, 5) is 18.1. The molecule has 6 heteroatoms. The topological polar surface area (TPSA) is 71.2 Å². The molecule has 3 N–H and O–H groups in total. The van der Waals surface area contributed by atoms with Gasteiger partial charge >= 0.3 is 0 Å². The quantitative estimate of drug-likeness (QED) is 0.673. The Hall–Kier alpha value is -2.11. The van der Waals surface area contributed by atoms with Gasteiger partial charge in [0.1, 0.15) is 11.5 Å². The first-order valence-corrected chi connectivity index (χ1v) is 6.83. The molecule has 0 unspecified atom stereocenters. The summed E-state index contributed by atoms with van der Waals surface area (Å²) in [6.07, 6.45) is 0. The zero-order chi connectivity index (χ0) is 15.4. The number of amides is 1. The van der Waals surface area contributed by atoms with E-state index in [1.54, 1.807) is 24.1 Å². The molecular weight excluding hydrogens is 288 g/mol. The smallest absolute Gasteiger partial charge is 0.274 e. The molecule has 0 saturated carbocycles. The Bertz CT molecular complexity index is 643. The summed E-state index contributed by atoms with van der Waals surface area (Å²) < 4.78 is 0. The van der Waals surface area contributed by atoms with E-state index in [2.05, 4.69) is 10.4 Å². The number of hydrogen-bond acceptors (Lipinski definition) is 4. The number of carbonyl (C=O) groups excluding carboxylic acids is 1. The molecule has 0 aliphatic carbocycles. The Morgan fingerprint density at radius 3 is 2.57 bits per heavy atom. The molecule has 0 aliphatic rings. The van der Waals surface area contributed by atoms with Gasteiger partial charge in [0.15, 0.2) is 0 Å². The molecule has 1 amide bonds. The highest BCUT2D eigenvalue weighted by Gasteiger charge is 2.17. The summed E-state index contributed by atoms with van der Waals surface area (Å²) >= 11 is 6.04. The molecule has 0 radical (unpaired) electrons. The second-order valence-electron chi connectivity index (χ2n) is 4.82. The lowest BCUT2D eigenvalue weighted by Crippen LogP contribution is -2.27. The van der Waals surface area contributed by atoms with Gasteiger partial charge in [-0.3, -0.25) is 4.79 Å². The van der Waals surface area contributed by atoms with Gasteiger partial charge in [-0.25, -0.2) is 10.8 Å². The van der Waals surface area contributed by atoms with Gasteiger partial charge in [0.05, 0.1) is 5.02 Å². The molecular formula is C15H17ClN4O. The van der Waals surface area contributed by atoms with Gasteiger partial charge < -0.3 is 10.3 Å². The van der Waals surface area contributed by atoms with Gasteiger partial charge in [-0.05, 0) is 24.6 Å². The SMILES string of the molecule is Cc1ccc(CN(C)C(=O)c2nc(NN)ccc2Cl)cc1. The Labute approximate surface area is 128 Å². The third-order valence-electron chi connectivity index (χ3n) is 3.08. The standard InChI is InChI=1S/C15H17ClN4O/c1-10-3-5-11(6-4-10)9-20(2)15(21)14-12(16)7-8-13(18-14)19-17/h3-8H,9,17H2,1-2H3,(H,18,19). The summed E-state index contributed by atoms with van der Waals surface area (Å²) in [6.45, 7) is 2.51. The van der Waals surface area contributed by atoms with Gasteiger partial charge in [-0.2, -0.15) is 0 Å². The molecule has 0 saturated heterocycles. The summed E-state index contributed by atoms with van der Waals surface area (Å²) in [7, 11) is 1.71. The monoisotopic (exact) mass is 304 g/mol. The zero-order valence-corrected chi connectivity index (χ0v) is 12.7. The average Bonchev–Trinajstić information content (AvgIpc) is 2.49. The van der Waals surface area contributed by atoms with Crippen LogP contribution in [0.4, 0.5) is 5.82 Å². The second kappa shape index (κ2) is 6.56. The van der Waals surface area contributed by atoms with Crippen molar-refractivity contribution in [3.05, 3.63) is 58.2 Å². The van der Waals surface area contributed by atoms with Gasteiger partial charge in [0, 0.05) is 13.6 Å². The molecule has 1 heterocycles. The van der Waals surface area contributed by atoms with E-state index in [9.17, 15) is 4.79 Å². The van der Waals surface area contributed by atoms with E-state index in [1.165, 1.54) is 5.56 Å². The molecule has 0 spiro atoms. The largest absolute Gasteiger partial charge is 0.336 e. The van der Waals surface area contributed by atoms with Crippen molar-refractivity contribution in [3.63, 3.8) is 0 Å². The maximum atomic E-state index is 12.4. The van der Waals surface area contributed by atoms with E-state index in [4.69, 9.17) is 17.4 Å². The maximum Gasteiger partial charge on any atom is 0.274 e. The number of aryl methyl sites for hydroxylation is 1. The highest BCUT2D eigenvalue weighted by Crippen LogP contribution is 2.18. The van der Waals surface area contributed by atoms with Crippen LogP contribution in [-0.2, 0) is 6.54 Å². The Kier molecular flexibility index (Phi) is 4.77. The van der Waals surface area contributed by atoms with Crippen LogP contribution in [0.3, 0.4) is 0 Å². The first-order valence-electron chi connectivity index (χ1n) is 6.45. The fourth-order valence-corrected chi connectivity index (χ4v) is 2.08. The Morgan fingerprint density at radius 1 is 1.29 bits per heavy atom. The van der Waals surface area contributed by atoms with Crippen LogP contribution in [0, 0.1) is 6.92 Å². The number of nitrogens with two attached hydrogens (primary N) is 1. The minimum absolute atomic E-state index is 0.182. The summed E-state index contributed by atoms with van der Waals surface area (Å²) in [5, 5.41) is 0.301. The Morgan fingerprint density at radius 2 is 1.95 bits per heavy atom. The van der Waals surface area contributed by atoms with Crippen molar-refractivity contribution in [2.45, 2.75) is 13.5 Å². The second-order valence-corrected chi connectivity index (χ2v) is 5.23. The lowest BCUT2D eigenvalue weighted by atomic mass is 10.1. The number of hydrogen-bond donors (Lipinski definition) is 2. The molecule has 0 aliphatic heterocycles. The number of nitrogens with zero attached hydrogens (tertiary/aromatic N) is 2. The lowest BCUT2D eigenvalue weighted by Gasteiger charge is -2.18. The van der Waals surface area contributed by atoms with Crippen molar-refractivity contribution in [3.8, 4) is 0 Å². The van der Waals surface area contributed by atoms with E-state index in [0.29, 0.717) is 17.4 Å². The molecule has 1 aromatic carbocycles. The third-order valence-corrected chi connectivity index (χ3v) is 3.39. The minimum Gasteiger partial charge on any atom is -0.336 e. The first-order chi connectivity index (χ1) is 10.0. The van der Waals surface area contributed by atoms with Crippen LogP contribution in [-0.4, -0.2) is 22.8 Å². The van der Waals surface area contributed by atoms with Crippen LogP contribution in [0.25, 0.3) is 0 Å². The molecule has 0 bridgehead atoms. The van der Waals surface area contributed by atoms with Gasteiger partial charge in [0.25, 0.3) is 5.91 Å². The molecule has 1 aromatic heterocycles. The van der Waals surface area contributed by atoms with E-state index in [0.717, 1.165) is 5.56 Å². The number of halogens is 1. The third kappa shape index (κ3) is 3.71. The van der Waals surface area contributed by atoms with Crippen molar-refractivity contribution in [2.75, 3.05) is 12.5 Å². The fourth-order valence-electron chi connectivity index (χ4n) is 1.89. The summed E-state index contributed by atoms with van der Waals surface area (Å²) in [6, 6.07) is 11.2. The van der Waals surface area contributed by atoms with E-state index in [1.807, 2.05) is 31.2 Å². The van der Waals surface area contributed by atoms with E-state index < -0.39 is 0 Å². The summed E-state index contributed by atoms with van der Waals surface area (Å²) in [5.41, 5.74) is 4.81. The van der Waals surface area contributed by atoms with Gasteiger partial charge in [-0.1, -0.05) is 41.4 Å². The predicted octanol–water partition coefficient (Wildman–Crippen LogP) is 2.60. The van der Waals surface area contributed by atoms with Crippen LogP contribution in [0.1, 0.15) is 21.6 Å². The average molecular weight is 305 g/mol. The molecule has 0 atom stereocenters. The zero-order valence-electron chi connectivity index (χ0n) is 11.9. The predicted molar refractivity (Wildman–Crippen MR) is 84.0 cm³/mol. The number of carbonyl (C=O) groups is 1. The summed E-state index contributed by atoms with van der Waals surface area (Å²) in [5.74, 6) is 5.45.